The molecule has 0 radical (unpaired) electrons. The summed E-state index contributed by atoms with van der Waals surface area (Å²) in [6.45, 7) is 0. The molecule has 0 amide bonds. The summed E-state index contributed by atoms with van der Waals surface area (Å²) >= 11 is 0. The van der Waals surface area contributed by atoms with Crippen LogP contribution >= 0.6 is 0 Å². The zero-order valence-electron chi connectivity index (χ0n) is 3.01. The van der Waals surface area contributed by atoms with Gasteiger partial charge in [-0.05, 0) is 0 Å². The van der Waals surface area contributed by atoms with E-state index in [0.29, 0.717) is 0 Å². The number of hydrogen-bond acceptors (Lipinski definition) is 6. The predicted octanol–water partition coefficient (Wildman–Crippen LogP) is 0.299. The molecule has 7 heavy (non-hydrogen) atoms. The lowest BCUT2D eigenvalue weighted by molar-refractivity contribution is -0.245. The third kappa shape index (κ3) is 630. The van der Waals surface area contributed by atoms with Gasteiger partial charge in [0.25, 0.3) is 0 Å². The van der Waals surface area contributed by atoms with E-state index in [1.165, 1.54) is 5.34 Å². The summed E-state index contributed by atoms with van der Waals surface area (Å²) in [4.78, 5) is 19.2. The standard InChI is InChI=1S/HNO3.HNO2/c2-1-4-3;2-1-3/h3H;(H,2,3). The van der Waals surface area contributed by atoms with Crippen molar-refractivity contribution < 1.29 is 15.5 Å². The summed E-state index contributed by atoms with van der Waals surface area (Å²) in [6, 6.07) is 0. The lowest BCUT2D eigenvalue weighted by Gasteiger charge is -1.59. The Kier molecular flexibility index (Phi) is 28.6. The minimum absolute atomic E-state index is 1.25. The quantitative estimate of drug-likeness (QED) is 0.286. The predicted molar refractivity (Wildman–Crippen MR) is 17.1 cm³/mol. The molecule has 0 aliphatic carbocycles. The summed E-state index contributed by atoms with van der Waals surface area (Å²) in [5, 5.41) is 16.3. The van der Waals surface area contributed by atoms with Crippen molar-refractivity contribution in [3.63, 3.8) is 0 Å². The van der Waals surface area contributed by atoms with E-state index in [2.05, 4.69) is 4.99 Å². The molecule has 0 saturated carbocycles. The molecule has 0 spiro atoms. The Bertz CT molecular complexity index is 41.3. The zero-order valence-corrected chi connectivity index (χ0v) is 3.01. The van der Waals surface area contributed by atoms with Gasteiger partial charge >= 0.3 is 0 Å². The van der Waals surface area contributed by atoms with Crippen LogP contribution in [0.25, 0.3) is 0 Å². The summed E-state index contributed by atoms with van der Waals surface area (Å²) in [6.07, 6.45) is 0. The van der Waals surface area contributed by atoms with Gasteiger partial charge in [0.05, 0.1) is 0 Å². The van der Waals surface area contributed by atoms with Crippen LogP contribution in [0.2, 0.25) is 0 Å². The van der Waals surface area contributed by atoms with Crippen molar-refractivity contribution in [1.82, 2.24) is 0 Å². The molecule has 7 nitrogen and oxygen atoms in total. The normalized spacial score (nSPS) is 4.71. The fourth-order valence-electron chi connectivity index (χ4n) is 0. The molecule has 7 heteroatoms. The van der Waals surface area contributed by atoms with Gasteiger partial charge in [0.1, 0.15) is 0 Å². The van der Waals surface area contributed by atoms with Crippen LogP contribution in [0.15, 0.2) is 10.7 Å². The average Bonchev–Trinajstić information content (AvgIpc) is 1.69. The largest absolute Gasteiger partial charge is 0.379 e. The number of hydrogen-bond donors (Lipinski definition) is 2. The van der Waals surface area contributed by atoms with Crippen molar-refractivity contribution in [3.8, 4) is 0 Å². The first kappa shape index (κ1) is 9.23. The van der Waals surface area contributed by atoms with Gasteiger partial charge in [0.15, 0.2) is 10.7 Å². The van der Waals surface area contributed by atoms with Crippen molar-refractivity contribution in [2.24, 2.45) is 10.7 Å². The molecule has 0 aromatic rings. The molecule has 0 aromatic heterocycles. The van der Waals surface area contributed by atoms with E-state index in [9.17, 15) is 0 Å². The average molecular weight is 110 g/mol. The fraction of sp³-hybridized carbons (Fsp3) is 0. The molecule has 0 atom stereocenters. The van der Waals surface area contributed by atoms with E-state index in [1.807, 2.05) is 0 Å². The van der Waals surface area contributed by atoms with Gasteiger partial charge in [-0.2, -0.15) is 10.2 Å². The van der Waals surface area contributed by atoms with Gasteiger partial charge in [-0.25, -0.2) is 0 Å². The van der Waals surface area contributed by atoms with Crippen LogP contribution in [0.4, 0.5) is 0 Å². The van der Waals surface area contributed by atoms with Crippen LogP contribution < -0.4 is 0 Å². The van der Waals surface area contributed by atoms with Crippen LogP contribution in [-0.4, -0.2) is 10.5 Å². The zero-order chi connectivity index (χ0) is 6.12. The lowest BCUT2D eigenvalue weighted by Crippen LogP contribution is -1.56. The van der Waals surface area contributed by atoms with Crippen molar-refractivity contribution in [1.29, 1.82) is 0 Å². The van der Waals surface area contributed by atoms with Crippen LogP contribution in [0, 0.1) is 9.81 Å². The van der Waals surface area contributed by atoms with Gasteiger partial charge in [0, 0.05) is 0 Å². The molecule has 2 N–H and O–H groups in total. The Hall–Kier alpha value is -1.24. The van der Waals surface area contributed by atoms with E-state index < -0.39 is 0 Å². The van der Waals surface area contributed by atoms with Gasteiger partial charge in [-0.1, -0.05) is 0 Å². The van der Waals surface area contributed by atoms with Crippen LogP contribution in [0.3, 0.4) is 0 Å². The number of nitrogens with zero attached hydrogens (tertiary/aromatic N) is 2. The highest BCUT2D eigenvalue weighted by molar-refractivity contribution is 3.86. The Morgan fingerprint density at radius 1 is 1.43 bits per heavy atom. The molecule has 0 aliphatic rings. The van der Waals surface area contributed by atoms with E-state index in [4.69, 9.17) is 20.3 Å². The highest BCUT2D eigenvalue weighted by atomic mass is 17.2. The Morgan fingerprint density at radius 2 is 1.57 bits per heavy atom. The molecule has 0 aromatic carbocycles. The van der Waals surface area contributed by atoms with Crippen molar-refractivity contribution in [2.75, 3.05) is 0 Å². The van der Waals surface area contributed by atoms with Crippen molar-refractivity contribution >= 4 is 0 Å². The minimum atomic E-state index is 1.25. The van der Waals surface area contributed by atoms with Crippen LogP contribution in [0.5, 0.6) is 0 Å². The first-order valence-electron chi connectivity index (χ1n) is 0.930. The molecule has 0 rings (SSSR count). The molecular weight excluding hydrogens is 108 g/mol. The highest BCUT2D eigenvalue weighted by Crippen LogP contribution is 1.51. The van der Waals surface area contributed by atoms with E-state index in [1.54, 1.807) is 5.34 Å². The molecule has 42 valence electrons. The topological polar surface area (TPSA) is 109 Å². The Balaban J connectivity index is 0. The smallest absolute Gasteiger partial charge is 0.190 e. The molecule has 0 bridgehead atoms. The molecule has 0 aliphatic heterocycles. The Morgan fingerprint density at radius 3 is 1.57 bits per heavy atom. The lowest BCUT2D eigenvalue weighted by atomic mass is 13.4. The molecule has 0 saturated heterocycles. The summed E-state index contributed by atoms with van der Waals surface area (Å²) in [7, 11) is 0. The summed E-state index contributed by atoms with van der Waals surface area (Å²) in [5.74, 6) is 0. The molecule has 0 unspecified atom stereocenters. The van der Waals surface area contributed by atoms with Crippen LogP contribution in [0.1, 0.15) is 0 Å². The first-order chi connectivity index (χ1) is 3.33. The van der Waals surface area contributed by atoms with Crippen LogP contribution in [-0.2, 0) is 4.99 Å². The van der Waals surface area contributed by atoms with Gasteiger partial charge in [0.2, 0.25) is 0 Å². The second-order valence-electron chi connectivity index (χ2n) is 0.238. The third-order valence-corrected chi connectivity index (χ3v) is 0.0333. The first-order valence-corrected chi connectivity index (χ1v) is 0.930. The maximum atomic E-state index is 8.45. The van der Waals surface area contributed by atoms with Crippen molar-refractivity contribution in [2.45, 2.75) is 0 Å². The summed E-state index contributed by atoms with van der Waals surface area (Å²) in [5.41, 5.74) is 0. The van der Waals surface area contributed by atoms with E-state index in [0.717, 1.165) is 0 Å². The molecular formula is H2N2O5. The molecule has 0 heterocycles. The monoisotopic (exact) mass is 110 g/mol. The molecule has 0 fully saturated rings. The van der Waals surface area contributed by atoms with E-state index in [-0.39, 0.29) is 0 Å². The third-order valence-electron chi connectivity index (χ3n) is 0.0333. The van der Waals surface area contributed by atoms with Gasteiger partial charge in [-0.15, -0.1) is 9.81 Å². The Labute approximate surface area is 37.3 Å². The van der Waals surface area contributed by atoms with E-state index >= 15 is 0 Å². The second kappa shape index (κ2) is 21.7. The number of rotatable bonds is 1. The fourth-order valence-corrected chi connectivity index (χ4v) is 0. The highest BCUT2D eigenvalue weighted by Gasteiger charge is 1.47. The SMILES string of the molecule is O=NO.O=NOO. The minimum Gasteiger partial charge on any atom is -0.379 e. The maximum Gasteiger partial charge on any atom is 0.190 e. The van der Waals surface area contributed by atoms with Gasteiger partial charge in [-0.3, -0.25) is 0 Å². The second-order valence-corrected chi connectivity index (χ2v) is 0.238. The van der Waals surface area contributed by atoms with Crippen molar-refractivity contribution in [3.05, 3.63) is 9.81 Å². The summed E-state index contributed by atoms with van der Waals surface area (Å²) < 4.78 is 0. The van der Waals surface area contributed by atoms with Gasteiger partial charge < -0.3 is 5.21 Å². The maximum absolute atomic E-state index is 8.45.